The molecule has 0 aliphatic heterocycles. The molecule has 0 aliphatic carbocycles. The Balaban J connectivity index is 2.41. The lowest BCUT2D eigenvalue weighted by Gasteiger charge is -2.20. The van der Waals surface area contributed by atoms with Gasteiger partial charge in [0.1, 0.15) is 0 Å². The van der Waals surface area contributed by atoms with Gasteiger partial charge in [0.05, 0.1) is 6.04 Å². The zero-order valence-corrected chi connectivity index (χ0v) is 11.4. The quantitative estimate of drug-likeness (QED) is 0.854. The van der Waals surface area contributed by atoms with Crippen LogP contribution >= 0.6 is 0 Å². The molecule has 0 heterocycles. The van der Waals surface area contributed by atoms with E-state index in [1.807, 2.05) is 7.05 Å². The number of hydrogen-bond donors (Lipinski definition) is 1. The van der Waals surface area contributed by atoms with Crippen molar-refractivity contribution in [3.8, 4) is 0 Å². The molecule has 0 aliphatic rings. The number of hydrogen-bond acceptors (Lipinski definition) is 1. The van der Waals surface area contributed by atoms with E-state index in [1.54, 1.807) is 0 Å². The van der Waals surface area contributed by atoms with Crippen LogP contribution in [0.5, 0.6) is 0 Å². The van der Waals surface area contributed by atoms with Crippen LogP contribution in [0.1, 0.15) is 35.2 Å². The third-order valence-corrected chi connectivity index (χ3v) is 3.45. The van der Waals surface area contributed by atoms with Gasteiger partial charge in [-0.05, 0) is 37.1 Å². The van der Waals surface area contributed by atoms with Gasteiger partial charge in [-0.15, -0.1) is 0 Å². The van der Waals surface area contributed by atoms with Crippen LogP contribution in [0, 0.1) is 6.92 Å². The van der Waals surface area contributed by atoms with Gasteiger partial charge in [0.25, 0.3) is 0 Å². The second-order valence-electron chi connectivity index (χ2n) is 4.68. The highest BCUT2D eigenvalue weighted by Crippen LogP contribution is 2.25. The van der Waals surface area contributed by atoms with E-state index in [0.717, 1.165) is 6.42 Å². The molecule has 2 aromatic rings. The molecule has 0 fully saturated rings. The van der Waals surface area contributed by atoms with Gasteiger partial charge < -0.3 is 5.32 Å². The van der Waals surface area contributed by atoms with E-state index in [1.165, 1.54) is 22.3 Å². The van der Waals surface area contributed by atoms with Gasteiger partial charge >= 0.3 is 0 Å². The summed E-state index contributed by atoms with van der Waals surface area (Å²) in [4.78, 5) is 0. The normalized spacial score (nSPS) is 12.4. The highest BCUT2D eigenvalue weighted by molar-refractivity contribution is 5.38. The average Bonchev–Trinajstić information content (AvgIpc) is 2.42. The van der Waals surface area contributed by atoms with E-state index in [-0.39, 0.29) is 6.04 Å². The van der Waals surface area contributed by atoms with Crippen LogP contribution < -0.4 is 5.32 Å². The summed E-state index contributed by atoms with van der Waals surface area (Å²) in [5.41, 5.74) is 5.42. The van der Waals surface area contributed by atoms with Gasteiger partial charge in [0.2, 0.25) is 0 Å². The number of aryl methyl sites for hydroxylation is 2. The van der Waals surface area contributed by atoms with E-state index in [2.05, 4.69) is 67.7 Å². The van der Waals surface area contributed by atoms with Crippen LogP contribution in [-0.2, 0) is 6.42 Å². The minimum atomic E-state index is 0.279. The molecule has 1 heteroatoms. The third kappa shape index (κ3) is 2.62. The van der Waals surface area contributed by atoms with Crippen molar-refractivity contribution in [3.63, 3.8) is 0 Å². The minimum Gasteiger partial charge on any atom is -0.309 e. The molecule has 0 saturated carbocycles. The van der Waals surface area contributed by atoms with Crippen molar-refractivity contribution in [2.24, 2.45) is 0 Å². The largest absolute Gasteiger partial charge is 0.309 e. The molecular formula is C17H21N. The van der Waals surface area contributed by atoms with Gasteiger partial charge in [-0.2, -0.15) is 0 Å². The van der Waals surface area contributed by atoms with Crippen molar-refractivity contribution < 1.29 is 0 Å². The summed E-state index contributed by atoms with van der Waals surface area (Å²) < 4.78 is 0. The molecule has 1 nitrogen and oxygen atoms in total. The molecule has 1 atom stereocenters. The number of benzene rings is 2. The Hall–Kier alpha value is -1.60. The van der Waals surface area contributed by atoms with Gasteiger partial charge in [0, 0.05) is 0 Å². The predicted molar refractivity (Wildman–Crippen MR) is 77.9 cm³/mol. The maximum atomic E-state index is 3.43. The molecule has 0 radical (unpaired) electrons. The zero-order chi connectivity index (χ0) is 13.0. The summed E-state index contributed by atoms with van der Waals surface area (Å²) in [6.45, 7) is 4.33. The number of nitrogens with one attached hydrogen (secondary N) is 1. The second kappa shape index (κ2) is 5.83. The molecule has 1 unspecified atom stereocenters. The molecule has 0 amide bonds. The molecule has 1 N–H and O–H groups in total. The maximum Gasteiger partial charge on any atom is 0.0576 e. The SMILES string of the molecule is CCc1ccccc1C(NC)c1ccc(C)cc1. The van der Waals surface area contributed by atoms with Crippen molar-refractivity contribution in [1.29, 1.82) is 0 Å². The third-order valence-electron chi connectivity index (χ3n) is 3.45. The van der Waals surface area contributed by atoms with Crippen LogP contribution in [-0.4, -0.2) is 7.05 Å². The average molecular weight is 239 g/mol. The standard InChI is InChI=1S/C17H21N/c1-4-14-7-5-6-8-16(14)17(18-3)15-11-9-13(2)10-12-15/h5-12,17-18H,4H2,1-3H3. The van der Waals surface area contributed by atoms with Crippen molar-refractivity contribution in [3.05, 3.63) is 70.8 Å². The fourth-order valence-corrected chi connectivity index (χ4v) is 2.40. The Kier molecular flexibility index (Phi) is 4.16. The molecule has 2 aromatic carbocycles. The summed E-state index contributed by atoms with van der Waals surface area (Å²) >= 11 is 0. The van der Waals surface area contributed by atoms with Crippen LogP contribution in [0.3, 0.4) is 0 Å². The molecule has 94 valence electrons. The first kappa shape index (κ1) is 12.8. The van der Waals surface area contributed by atoms with Crippen LogP contribution in [0.2, 0.25) is 0 Å². The van der Waals surface area contributed by atoms with E-state index >= 15 is 0 Å². The number of rotatable bonds is 4. The van der Waals surface area contributed by atoms with Gasteiger partial charge in [-0.3, -0.25) is 0 Å². The van der Waals surface area contributed by atoms with Crippen molar-refractivity contribution in [1.82, 2.24) is 5.32 Å². The Labute approximate surface area is 110 Å². The molecule has 18 heavy (non-hydrogen) atoms. The highest BCUT2D eigenvalue weighted by atomic mass is 14.9. The monoisotopic (exact) mass is 239 g/mol. The highest BCUT2D eigenvalue weighted by Gasteiger charge is 2.14. The van der Waals surface area contributed by atoms with E-state index in [4.69, 9.17) is 0 Å². The lowest BCUT2D eigenvalue weighted by Crippen LogP contribution is -2.19. The second-order valence-corrected chi connectivity index (χ2v) is 4.68. The van der Waals surface area contributed by atoms with Gasteiger partial charge in [-0.25, -0.2) is 0 Å². The minimum absolute atomic E-state index is 0.279. The Bertz CT molecular complexity index is 499. The fourth-order valence-electron chi connectivity index (χ4n) is 2.40. The first-order valence-corrected chi connectivity index (χ1v) is 6.58. The smallest absolute Gasteiger partial charge is 0.0576 e. The first-order chi connectivity index (χ1) is 8.76. The predicted octanol–water partition coefficient (Wildman–Crippen LogP) is 3.87. The Morgan fingerprint density at radius 2 is 1.67 bits per heavy atom. The van der Waals surface area contributed by atoms with Crippen molar-refractivity contribution >= 4 is 0 Å². The molecule has 0 bridgehead atoms. The van der Waals surface area contributed by atoms with Crippen LogP contribution in [0.25, 0.3) is 0 Å². The fraction of sp³-hybridized carbons (Fsp3) is 0.294. The van der Waals surface area contributed by atoms with Gasteiger partial charge in [-0.1, -0.05) is 61.0 Å². The lowest BCUT2D eigenvalue weighted by molar-refractivity contribution is 0.684. The topological polar surface area (TPSA) is 12.0 Å². The first-order valence-electron chi connectivity index (χ1n) is 6.58. The summed E-state index contributed by atoms with van der Waals surface area (Å²) in [6, 6.07) is 17.7. The Morgan fingerprint density at radius 3 is 2.28 bits per heavy atom. The maximum absolute atomic E-state index is 3.43. The lowest BCUT2D eigenvalue weighted by atomic mass is 9.93. The Morgan fingerprint density at radius 1 is 1.00 bits per heavy atom. The summed E-state index contributed by atoms with van der Waals surface area (Å²) in [5, 5.41) is 3.43. The molecular weight excluding hydrogens is 218 g/mol. The van der Waals surface area contributed by atoms with Gasteiger partial charge in [0.15, 0.2) is 0 Å². The molecule has 2 rings (SSSR count). The summed E-state index contributed by atoms with van der Waals surface area (Å²) in [5.74, 6) is 0. The van der Waals surface area contributed by atoms with Crippen LogP contribution in [0.15, 0.2) is 48.5 Å². The summed E-state index contributed by atoms with van der Waals surface area (Å²) in [6.07, 6.45) is 1.07. The van der Waals surface area contributed by atoms with Crippen molar-refractivity contribution in [2.45, 2.75) is 26.3 Å². The van der Waals surface area contributed by atoms with E-state index in [0.29, 0.717) is 0 Å². The molecule has 0 spiro atoms. The van der Waals surface area contributed by atoms with Crippen molar-refractivity contribution in [2.75, 3.05) is 7.05 Å². The molecule has 0 aromatic heterocycles. The summed E-state index contributed by atoms with van der Waals surface area (Å²) in [7, 11) is 2.02. The molecule has 0 saturated heterocycles. The van der Waals surface area contributed by atoms with Crippen LogP contribution in [0.4, 0.5) is 0 Å². The van der Waals surface area contributed by atoms with E-state index < -0.39 is 0 Å². The zero-order valence-electron chi connectivity index (χ0n) is 11.4. The van der Waals surface area contributed by atoms with E-state index in [9.17, 15) is 0 Å².